The number of hydrogen-bond acceptors (Lipinski definition) is 6. The summed E-state index contributed by atoms with van der Waals surface area (Å²) in [6, 6.07) is 14.3. The van der Waals surface area contributed by atoms with Crippen LogP contribution in [0.4, 0.5) is 11.4 Å². The highest BCUT2D eigenvalue weighted by Gasteiger charge is 2.43. The zero-order valence-electron chi connectivity index (χ0n) is 20.6. The molecule has 1 aromatic heterocycles. The van der Waals surface area contributed by atoms with Crippen molar-refractivity contribution in [3.05, 3.63) is 89.8 Å². The first kappa shape index (κ1) is 23.1. The summed E-state index contributed by atoms with van der Waals surface area (Å²) in [5, 5.41) is 3.60. The van der Waals surface area contributed by atoms with Crippen LogP contribution in [0.1, 0.15) is 21.0 Å². The zero-order valence-corrected chi connectivity index (χ0v) is 20.6. The van der Waals surface area contributed by atoms with Crippen LogP contribution >= 0.6 is 0 Å². The number of amidine groups is 1. The van der Waals surface area contributed by atoms with E-state index in [1.54, 1.807) is 17.2 Å². The third-order valence-electron chi connectivity index (χ3n) is 6.84. The van der Waals surface area contributed by atoms with Gasteiger partial charge in [-0.25, -0.2) is 4.99 Å². The van der Waals surface area contributed by atoms with Crippen LogP contribution in [-0.2, 0) is 11.3 Å². The Hall–Kier alpha value is -3.71. The van der Waals surface area contributed by atoms with Crippen LogP contribution in [-0.4, -0.2) is 65.4 Å². The van der Waals surface area contributed by atoms with E-state index in [0.717, 1.165) is 48.7 Å². The molecule has 2 aromatic rings. The molecule has 1 N–H and O–H groups in total. The quantitative estimate of drug-likeness (QED) is 0.645. The van der Waals surface area contributed by atoms with Crippen molar-refractivity contribution in [2.45, 2.75) is 26.1 Å². The Kier molecular flexibility index (Phi) is 6.26. The van der Waals surface area contributed by atoms with Gasteiger partial charge in [0.2, 0.25) is 0 Å². The minimum atomic E-state index is -0.632. The van der Waals surface area contributed by atoms with Crippen LogP contribution in [0.3, 0.4) is 0 Å². The molecule has 1 fully saturated rings. The largest absolute Gasteiger partial charge is 0.369 e. The van der Waals surface area contributed by atoms with E-state index in [9.17, 15) is 4.79 Å². The number of allylic oxidation sites excluding steroid dienone is 1. The summed E-state index contributed by atoms with van der Waals surface area (Å²) in [4.78, 5) is 28.9. The molecule has 3 aliphatic rings. The SMILES string of the molecule is C/C=C1/C=CC(=O)N(Cc2ccccn2)/C1=N/C1(Nc2ccc(N3CCN(C)CC3)cc2)C=C1C.[HH]. The molecule has 1 unspecified atom stereocenters. The molecule has 1 saturated heterocycles. The van der Waals surface area contributed by atoms with Crippen LogP contribution in [0.25, 0.3) is 0 Å². The fourth-order valence-corrected chi connectivity index (χ4v) is 4.51. The number of piperazine rings is 1. The molecule has 0 bridgehead atoms. The van der Waals surface area contributed by atoms with E-state index >= 15 is 0 Å². The number of nitrogens with zero attached hydrogens (tertiary/aromatic N) is 5. The highest BCUT2D eigenvalue weighted by molar-refractivity contribution is 6.15. The van der Waals surface area contributed by atoms with Crippen LogP contribution in [0, 0.1) is 0 Å². The van der Waals surface area contributed by atoms with Crippen molar-refractivity contribution >= 4 is 23.1 Å². The summed E-state index contributed by atoms with van der Waals surface area (Å²) in [7, 11) is 2.17. The third-order valence-corrected chi connectivity index (χ3v) is 6.84. The normalized spacial score (nSPS) is 24.8. The van der Waals surface area contributed by atoms with Gasteiger partial charge in [0, 0.05) is 56.8 Å². The first-order chi connectivity index (χ1) is 17.0. The molecule has 2 aliphatic heterocycles. The zero-order chi connectivity index (χ0) is 24.4. The number of benzene rings is 1. The number of carbonyl (C=O) groups is 1. The van der Waals surface area contributed by atoms with Gasteiger partial charge in [0.05, 0.1) is 12.2 Å². The number of likely N-dealkylation sites (N-methyl/N-ethyl adjacent to an activating group) is 1. The Morgan fingerprint density at radius 3 is 2.49 bits per heavy atom. The third kappa shape index (κ3) is 4.91. The van der Waals surface area contributed by atoms with Gasteiger partial charge in [0.15, 0.2) is 5.66 Å². The summed E-state index contributed by atoms with van der Waals surface area (Å²) in [6.45, 7) is 8.65. The fraction of sp³-hybridized carbons (Fsp3) is 0.321. The lowest BCUT2D eigenvalue weighted by Crippen LogP contribution is -2.44. The van der Waals surface area contributed by atoms with Crippen LogP contribution in [0.15, 0.2) is 89.1 Å². The molecule has 7 nitrogen and oxygen atoms in total. The highest BCUT2D eigenvalue weighted by Crippen LogP contribution is 2.40. The second-order valence-corrected chi connectivity index (χ2v) is 9.31. The van der Waals surface area contributed by atoms with Gasteiger partial charge in [-0.2, -0.15) is 0 Å². The van der Waals surface area contributed by atoms with E-state index in [0.29, 0.717) is 12.4 Å². The number of rotatable bonds is 6. The lowest BCUT2D eigenvalue weighted by molar-refractivity contribution is -0.123. The van der Waals surface area contributed by atoms with Crippen molar-refractivity contribution in [2.75, 3.05) is 43.4 Å². The van der Waals surface area contributed by atoms with Crippen LogP contribution in [0.5, 0.6) is 0 Å². The van der Waals surface area contributed by atoms with Gasteiger partial charge < -0.3 is 15.1 Å². The number of aromatic nitrogens is 1. The van der Waals surface area contributed by atoms with E-state index in [1.807, 2.05) is 37.3 Å². The van der Waals surface area contributed by atoms with E-state index in [1.165, 1.54) is 5.69 Å². The first-order valence-electron chi connectivity index (χ1n) is 12.1. The minimum absolute atomic E-state index is 0. The van der Waals surface area contributed by atoms with Crippen molar-refractivity contribution in [3.63, 3.8) is 0 Å². The van der Waals surface area contributed by atoms with E-state index in [-0.39, 0.29) is 7.33 Å². The Bertz CT molecular complexity index is 1210. The predicted molar refractivity (Wildman–Crippen MR) is 143 cm³/mol. The number of aliphatic imine (C=N–C) groups is 1. The summed E-state index contributed by atoms with van der Waals surface area (Å²) in [6.07, 6.45) is 9.27. The van der Waals surface area contributed by atoms with Crippen molar-refractivity contribution in [1.82, 2.24) is 14.8 Å². The fourth-order valence-electron chi connectivity index (χ4n) is 4.51. The maximum absolute atomic E-state index is 12.9. The molecule has 182 valence electrons. The second-order valence-electron chi connectivity index (χ2n) is 9.31. The molecule has 35 heavy (non-hydrogen) atoms. The van der Waals surface area contributed by atoms with Crippen LogP contribution in [0.2, 0.25) is 0 Å². The molecule has 1 aromatic carbocycles. The van der Waals surface area contributed by atoms with Crippen LogP contribution < -0.4 is 10.2 Å². The monoisotopic (exact) mass is 470 g/mol. The number of anilines is 2. The molecular weight excluding hydrogens is 436 g/mol. The second kappa shape index (κ2) is 9.50. The summed E-state index contributed by atoms with van der Waals surface area (Å²) in [5.41, 5.74) is 4.47. The van der Waals surface area contributed by atoms with E-state index in [2.05, 4.69) is 64.4 Å². The number of pyridine rings is 1. The Morgan fingerprint density at radius 1 is 1.11 bits per heavy atom. The lowest BCUT2D eigenvalue weighted by Gasteiger charge is -2.34. The molecule has 5 rings (SSSR count). The Balaban J connectivity index is 0.00000304. The van der Waals surface area contributed by atoms with Gasteiger partial charge >= 0.3 is 0 Å². The average Bonchev–Trinajstić information content (AvgIpc) is 3.50. The number of amides is 1. The maximum atomic E-state index is 12.9. The minimum Gasteiger partial charge on any atom is -0.369 e. The first-order valence-corrected chi connectivity index (χ1v) is 12.1. The van der Waals surface area contributed by atoms with Gasteiger partial charge in [-0.3, -0.25) is 14.7 Å². The van der Waals surface area contributed by atoms with Crippen molar-refractivity contribution in [2.24, 2.45) is 4.99 Å². The summed E-state index contributed by atoms with van der Waals surface area (Å²) in [5.74, 6) is 0.560. The van der Waals surface area contributed by atoms with Gasteiger partial charge in [-0.05, 0) is 75.0 Å². The van der Waals surface area contributed by atoms with Gasteiger partial charge in [-0.1, -0.05) is 12.1 Å². The van der Waals surface area contributed by atoms with E-state index < -0.39 is 5.66 Å². The Morgan fingerprint density at radius 2 is 1.86 bits per heavy atom. The smallest absolute Gasteiger partial charge is 0.252 e. The summed E-state index contributed by atoms with van der Waals surface area (Å²) < 4.78 is 0. The van der Waals surface area contributed by atoms with E-state index in [4.69, 9.17) is 4.99 Å². The van der Waals surface area contributed by atoms with Gasteiger partial charge in [0.25, 0.3) is 5.91 Å². The number of hydrogen-bond donors (Lipinski definition) is 1. The molecule has 3 heterocycles. The molecular formula is C28H34N6O. The molecule has 1 atom stereocenters. The van der Waals surface area contributed by atoms with Crippen molar-refractivity contribution in [3.8, 4) is 0 Å². The molecule has 0 radical (unpaired) electrons. The van der Waals surface area contributed by atoms with Crippen molar-refractivity contribution < 1.29 is 6.22 Å². The molecule has 0 saturated carbocycles. The predicted octanol–water partition coefficient (Wildman–Crippen LogP) is 4.09. The number of nitrogens with one attached hydrogen (secondary N) is 1. The van der Waals surface area contributed by atoms with Crippen molar-refractivity contribution in [1.29, 1.82) is 0 Å². The summed E-state index contributed by atoms with van der Waals surface area (Å²) >= 11 is 0. The average molecular weight is 471 g/mol. The maximum Gasteiger partial charge on any atom is 0.252 e. The van der Waals surface area contributed by atoms with Gasteiger partial charge in [0.1, 0.15) is 5.84 Å². The standard InChI is InChI=1S/C28H32N6O.H2/c1-4-22-8-13-26(35)34(20-24-7-5-6-14-29-24)27(22)31-28(19-21(28)2)30-23-9-11-25(12-10-23)33-17-15-32(3)16-18-33;/h4-14,19,30H,15-18,20H2,1-3H3;1H/b22-4-,31-27+;. The topological polar surface area (TPSA) is 64.1 Å². The van der Waals surface area contributed by atoms with Gasteiger partial charge in [-0.15, -0.1) is 0 Å². The molecule has 7 heteroatoms. The molecule has 1 aliphatic carbocycles. The number of carbonyl (C=O) groups excluding carboxylic acids is 1. The molecule has 1 amide bonds. The molecule has 0 spiro atoms. The highest BCUT2D eigenvalue weighted by atomic mass is 16.2. The lowest BCUT2D eigenvalue weighted by atomic mass is 10.1. The Labute approximate surface area is 208 Å².